The fourth-order valence-electron chi connectivity index (χ4n) is 6.33. The highest BCUT2D eigenvalue weighted by molar-refractivity contribution is 14.1. The van der Waals surface area contributed by atoms with Crippen LogP contribution in [0.5, 0.6) is 5.75 Å². The van der Waals surface area contributed by atoms with E-state index < -0.39 is 58.0 Å². The Hall–Kier alpha value is -1.57. The van der Waals surface area contributed by atoms with Crippen LogP contribution in [0.1, 0.15) is 22.3 Å². The predicted molar refractivity (Wildman–Crippen MR) is 166 cm³/mol. The fourth-order valence-corrected chi connectivity index (χ4v) is 9.48. The Balaban J connectivity index is 1.32. The molecule has 1 saturated heterocycles. The summed E-state index contributed by atoms with van der Waals surface area (Å²) < 4.78 is 53.7. The van der Waals surface area contributed by atoms with Gasteiger partial charge in [0.1, 0.15) is 22.9 Å². The van der Waals surface area contributed by atoms with Gasteiger partial charge in [0.15, 0.2) is 0 Å². The minimum absolute atomic E-state index is 0.134. The molecular weight excluding hydrogens is 881 g/mol. The molecule has 13 heteroatoms. The average Bonchev–Trinajstić information content (AvgIpc) is 3.51. The lowest BCUT2D eigenvalue weighted by Crippen LogP contribution is -2.44. The van der Waals surface area contributed by atoms with Crippen LogP contribution in [0, 0.1) is 41.3 Å². The van der Waals surface area contributed by atoms with Crippen LogP contribution in [0.4, 0.5) is 0 Å². The van der Waals surface area contributed by atoms with Gasteiger partial charge in [0.25, 0.3) is 10.1 Å². The first-order chi connectivity index (χ1) is 18.9. The standard InChI is InChI=1S/C27H19I3O9S/c1-10-6-18(40(34,35)36)12-4-2-3-5-13(12)22(10)37-26(32)19-14-9-15-20(19)27(33)39-24(15)23(14)38-25(31)16-7-11(28)8-17(29)21(16)30/h2-8,14-15,19-20,23-24H,9H2,1H3,(H,34,35,36). The first kappa shape index (κ1) is 28.5. The van der Waals surface area contributed by atoms with Crippen LogP contribution in [0.15, 0.2) is 47.4 Å². The zero-order valence-corrected chi connectivity index (χ0v) is 27.8. The van der Waals surface area contributed by atoms with E-state index in [1.165, 1.54) is 12.1 Å². The van der Waals surface area contributed by atoms with Crippen LogP contribution < -0.4 is 4.74 Å². The van der Waals surface area contributed by atoms with Crippen molar-refractivity contribution in [2.24, 2.45) is 23.7 Å². The van der Waals surface area contributed by atoms with Crippen molar-refractivity contribution in [3.63, 3.8) is 0 Å². The Morgan fingerprint density at radius 1 is 1.05 bits per heavy atom. The number of hydrogen-bond acceptors (Lipinski definition) is 8. The maximum atomic E-state index is 13.7. The molecule has 1 aliphatic heterocycles. The van der Waals surface area contributed by atoms with E-state index in [2.05, 4.69) is 67.8 Å². The number of carbonyl (C=O) groups excluding carboxylic acids is 3. The Labute approximate surface area is 269 Å². The van der Waals surface area contributed by atoms with E-state index in [1.807, 2.05) is 6.07 Å². The molecule has 3 aromatic rings. The van der Waals surface area contributed by atoms with Gasteiger partial charge >= 0.3 is 17.9 Å². The molecule has 2 saturated carbocycles. The van der Waals surface area contributed by atoms with Crippen LogP contribution >= 0.6 is 67.8 Å². The van der Waals surface area contributed by atoms with Gasteiger partial charge in [-0.15, -0.1) is 0 Å². The van der Waals surface area contributed by atoms with Crippen molar-refractivity contribution in [3.05, 3.63) is 64.3 Å². The Morgan fingerprint density at radius 2 is 1.75 bits per heavy atom. The van der Waals surface area contributed by atoms with Gasteiger partial charge in [-0.05, 0) is 105 Å². The van der Waals surface area contributed by atoms with E-state index in [4.69, 9.17) is 14.2 Å². The number of fused-ring (bicyclic) bond motifs is 2. The van der Waals surface area contributed by atoms with Crippen molar-refractivity contribution in [1.29, 1.82) is 0 Å². The molecule has 40 heavy (non-hydrogen) atoms. The lowest BCUT2D eigenvalue weighted by molar-refractivity contribution is -0.149. The molecule has 3 fully saturated rings. The van der Waals surface area contributed by atoms with Gasteiger partial charge in [0, 0.05) is 33.3 Å². The zero-order chi connectivity index (χ0) is 28.7. The maximum Gasteiger partial charge on any atom is 0.339 e. The van der Waals surface area contributed by atoms with E-state index in [9.17, 15) is 27.4 Å². The molecule has 3 aromatic carbocycles. The molecule has 0 amide bonds. The molecule has 6 atom stereocenters. The summed E-state index contributed by atoms with van der Waals surface area (Å²) >= 11 is 6.37. The molecule has 1 heterocycles. The molecule has 2 aliphatic carbocycles. The summed E-state index contributed by atoms with van der Waals surface area (Å²) in [6, 6.07) is 11.3. The third-order valence-electron chi connectivity index (χ3n) is 7.90. The Bertz CT molecular complexity index is 1740. The van der Waals surface area contributed by atoms with Gasteiger partial charge in [-0.1, -0.05) is 24.3 Å². The normalized spacial score (nSPS) is 26.7. The lowest BCUT2D eigenvalue weighted by Gasteiger charge is -2.30. The number of rotatable bonds is 5. The average molecular weight is 900 g/mol. The minimum Gasteiger partial charge on any atom is -0.458 e. The molecule has 2 bridgehead atoms. The predicted octanol–water partition coefficient (Wildman–Crippen LogP) is 5.15. The molecule has 9 nitrogen and oxygen atoms in total. The van der Waals surface area contributed by atoms with Crippen LogP contribution in [0.2, 0.25) is 0 Å². The summed E-state index contributed by atoms with van der Waals surface area (Å²) in [5.74, 6) is -3.97. The minimum atomic E-state index is -4.54. The van der Waals surface area contributed by atoms with Gasteiger partial charge in [-0.3, -0.25) is 14.1 Å². The first-order valence-electron chi connectivity index (χ1n) is 12.1. The van der Waals surface area contributed by atoms with E-state index in [0.717, 1.165) is 10.7 Å². The van der Waals surface area contributed by atoms with Crippen molar-refractivity contribution in [2.75, 3.05) is 0 Å². The number of aryl methyl sites for hydroxylation is 1. The van der Waals surface area contributed by atoms with Gasteiger partial charge in [0.2, 0.25) is 0 Å². The summed E-state index contributed by atoms with van der Waals surface area (Å²) in [6.07, 6.45) is -0.948. The van der Waals surface area contributed by atoms with Crippen LogP contribution in [0.25, 0.3) is 10.8 Å². The van der Waals surface area contributed by atoms with Gasteiger partial charge < -0.3 is 14.2 Å². The van der Waals surface area contributed by atoms with Crippen molar-refractivity contribution in [1.82, 2.24) is 0 Å². The topological polar surface area (TPSA) is 133 Å². The second kappa shape index (κ2) is 10.3. The Kier molecular flexibility index (Phi) is 7.35. The van der Waals surface area contributed by atoms with Crippen LogP contribution in [-0.4, -0.2) is 43.1 Å². The second-order valence-corrected chi connectivity index (χ2v) is 15.0. The molecule has 3 aliphatic rings. The highest BCUT2D eigenvalue weighted by atomic mass is 127. The summed E-state index contributed by atoms with van der Waals surface area (Å²) in [7, 11) is -4.54. The Morgan fingerprint density at radius 3 is 2.45 bits per heavy atom. The molecule has 208 valence electrons. The number of hydrogen-bond donors (Lipinski definition) is 1. The summed E-state index contributed by atoms with van der Waals surface area (Å²) in [5.41, 5.74) is 0.723. The zero-order valence-electron chi connectivity index (χ0n) is 20.5. The lowest BCUT2D eigenvalue weighted by atomic mass is 9.78. The molecule has 6 unspecified atom stereocenters. The second-order valence-electron chi connectivity index (χ2n) is 10.1. The number of carbonyl (C=O) groups is 3. The fraction of sp³-hybridized carbons (Fsp3) is 0.296. The third-order valence-corrected chi connectivity index (χ3v) is 12.5. The van der Waals surface area contributed by atoms with E-state index in [-0.39, 0.29) is 21.9 Å². The largest absolute Gasteiger partial charge is 0.458 e. The summed E-state index contributed by atoms with van der Waals surface area (Å²) in [5, 5.41) is 0.518. The molecule has 6 rings (SSSR count). The van der Waals surface area contributed by atoms with E-state index in [0.29, 0.717) is 22.9 Å². The smallest absolute Gasteiger partial charge is 0.339 e. The number of benzene rings is 3. The maximum absolute atomic E-state index is 13.7. The summed E-state index contributed by atoms with van der Waals surface area (Å²) in [6.45, 7) is 1.57. The van der Waals surface area contributed by atoms with Crippen molar-refractivity contribution in [2.45, 2.75) is 30.4 Å². The van der Waals surface area contributed by atoms with E-state index >= 15 is 0 Å². The highest BCUT2D eigenvalue weighted by Crippen LogP contribution is 2.59. The molecule has 0 spiro atoms. The summed E-state index contributed by atoms with van der Waals surface area (Å²) in [4.78, 5) is 39.6. The molecule has 1 N–H and O–H groups in total. The SMILES string of the molecule is Cc1cc(S(=O)(=O)O)c2ccccc2c1OC(=O)C1C2CC3C(OC(=O)C31)C2OC(=O)c1cc(I)cc(I)c1I. The first-order valence-corrected chi connectivity index (χ1v) is 16.8. The molecular formula is C27H19I3O9S. The van der Waals surface area contributed by atoms with Crippen LogP contribution in [-0.2, 0) is 29.2 Å². The van der Waals surface area contributed by atoms with Gasteiger partial charge in [-0.2, -0.15) is 8.42 Å². The molecule has 0 aromatic heterocycles. The monoisotopic (exact) mass is 900 g/mol. The van der Waals surface area contributed by atoms with Crippen molar-refractivity contribution < 1.29 is 41.6 Å². The van der Waals surface area contributed by atoms with Gasteiger partial charge in [0.05, 0.1) is 17.4 Å². The van der Waals surface area contributed by atoms with Gasteiger partial charge in [-0.25, -0.2) is 4.79 Å². The number of esters is 3. The molecule has 0 radical (unpaired) electrons. The quantitative estimate of drug-likeness (QED) is 0.122. The van der Waals surface area contributed by atoms with Crippen molar-refractivity contribution >= 4 is 107 Å². The van der Waals surface area contributed by atoms with Crippen LogP contribution in [0.3, 0.4) is 0 Å². The number of halogens is 3. The van der Waals surface area contributed by atoms with E-state index in [1.54, 1.807) is 31.2 Å². The third kappa shape index (κ3) is 4.63. The number of ether oxygens (including phenoxy) is 3. The van der Waals surface area contributed by atoms with Crippen molar-refractivity contribution in [3.8, 4) is 5.75 Å². The highest BCUT2D eigenvalue weighted by Gasteiger charge is 2.70.